The molecule has 2 aromatic heterocycles. The van der Waals surface area contributed by atoms with E-state index in [2.05, 4.69) is 20.8 Å². The van der Waals surface area contributed by atoms with Crippen molar-refractivity contribution in [2.24, 2.45) is 5.92 Å². The van der Waals surface area contributed by atoms with Crippen LogP contribution >= 0.6 is 0 Å². The molecule has 0 bridgehead atoms. The number of hydrogen-bond donors (Lipinski definition) is 2. The van der Waals surface area contributed by atoms with Gasteiger partial charge in [-0.15, -0.1) is 10.2 Å². The number of anilines is 1. The van der Waals surface area contributed by atoms with Crippen LogP contribution in [-0.4, -0.2) is 28.1 Å². The van der Waals surface area contributed by atoms with Gasteiger partial charge >= 0.3 is 0 Å². The summed E-state index contributed by atoms with van der Waals surface area (Å²) in [5.74, 6) is -0.296. The molecule has 1 atom stereocenters. The van der Waals surface area contributed by atoms with Crippen molar-refractivity contribution in [3.63, 3.8) is 0 Å². The fourth-order valence-corrected chi connectivity index (χ4v) is 3.20. The lowest BCUT2D eigenvalue weighted by Gasteiger charge is -2.21. The topological polar surface area (TPSA) is 119 Å². The average molecular weight is 478 g/mol. The van der Waals surface area contributed by atoms with Crippen molar-refractivity contribution in [3.05, 3.63) is 84.4 Å². The summed E-state index contributed by atoms with van der Waals surface area (Å²) in [6.07, 6.45) is 1.39. The molecule has 0 aliphatic heterocycles. The molecule has 2 N–H and O–H groups in total. The van der Waals surface area contributed by atoms with E-state index in [4.69, 9.17) is 13.6 Å². The Morgan fingerprint density at radius 3 is 2.57 bits per heavy atom. The molecule has 9 nitrogen and oxygen atoms in total. The lowest BCUT2D eigenvalue weighted by Crippen LogP contribution is -2.47. The van der Waals surface area contributed by atoms with Gasteiger partial charge in [-0.2, -0.15) is 0 Å². The molecule has 2 amide bonds. The number of hydrogen-bond acceptors (Lipinski definition) is 7. The molecule has 2 aromatic carbocycles. The molecular formula is C25H23FN4O5. The molecule has 35 heavy (non-hydrogen) atoms. The first-order chi connectivity index (χ1) is 16.9. The lowest BCUT2D eigenvalue weighted by atomic mass is 10.0. The van der Waals surface area contributed by atoms with Crippen molar-refractivity contribution in [1.29, 1.82) is 0 Å². The van der Waals surface area contributed by atoms with Gasteiger partial charge in [-0.3, -0.25) is 9.59 Å². The zero-order valence-electron chi connectivity index (χ0n) is 19.0. The number of nitrogens with one attached hydrogen (secondary N) is 2. The highest BCUT2D eigenvalue weighted by Crippen LogP contribution is 2.21. The van der Waals surface area contributed by atoms with E-state index in [1.807, 2.05) is 13.8 Å². The molecule has 4 rings (SSSR count). The van der Waals surface area contributed by atoms with Crippen LogP contribution in [0.15, 0.2) is 75.8 Å². The number of nitrogens with zero attached hydrogens (tertiary/aromatic N) is 2. The monoisotopic (exact) mass is 478 g/mol. The molecule has 0 aliphatic rings. The zero-order valence-corrected chi connectivity index (χ0v) is 19.0. The highest BCUT2D eigenvalue weighted by Gasteiger charge is 2.25. The van der Waals surface area contributed by atoms with Crippen LogP contribution < -0.4 is 15.4 Å². The van der Waals surface area contributed by atoms with Gasteiger partial charge in [0.2, 0.25) is 11.8 Å². The number of ether oxygens (including phenoxy) is 1. The summed E-state index contributed by atoms with van der Waals surface area (Å²) < 4.78 is 29.5. The van der Waals surface area contributed by atoms with E-state index in [0.29, 0.717) is 17.0 Å². The Bertz CT molecular complexity index is 1290. The molecule has 0 spiro atoms. The Balaban J connectivity index is 1.36. The van der Waals surface area contributed by atoms with E-state index in [0.717, 1.165) is 0 Å². The molecule has 10 heteroatoms. The molecule has 0 saturated carbocycles. The molecule has 0 radical (unpaired) electrons. The number of amides is 2. The quantitative estimate of drug-likeness (QED) is 0.365. The van der Waals surface area contributed by atoms with Crippen LogP contribution in [0.1, 0.15) is 30.3 Å². The van der Waals surface area contributed by atoms with E-state index < -0.39 is 11.9 Å². The van der Waals surface area contributed by atoms with Gasteiger partial charge in [-0.05, 0) is 54.4 Å². The van der Waals surface area contributed by atoms with Gasteiger partial charge in [0, 0.05) is 17.3 Å². The molecule has 0 aliphatic carbocycles. The first kappa shape index (κ1) is 23.7. The Hall–Kier alpha value is -4.47. The third-order valence-corrected chi connectivity index (χ3v) is 5.00. The van der Waals surface area contributed by atoms with Crippen LogP contribution in [0.25, 0.3) is 11.5 Å². The van der Waals surface area contributed by atoms with Gasteiger partial charge in [0.05, 0.1) is 6.26 Å². The maximum Gasteiger partial charge on any atom is 0.287 e. The summed E-state index contributed by atoms with van der Waals surface area (Å²) in [6.45, 7) is 3.66. The van der Waals surface area contributed by atoms with Gasteiger partial charge in [0.25, 0.3) is 11.8 Å². The number of rotatable bonds is 9. The van der Waals surface area contributed by atoms with Crippen LogP contribution in [0, 0.1) is 11.7 Å². The van der Waals surface area contributed by atoms with Gasteiger partial charge in [0.15, 0.2) is 12.4 Å². The van der Waals surface area contributed by atoms with Crippen molar-refractivity contribution in [2.75, 3.05) is 5.32 Å². The van der Waals surface area contributed by atoms with Crippen molar-refractivity contribution in [1.82, 2.24) is 15.5 Å². The molecule has 0 unspecified atom stereocenters. The van der Waals surface area contributed by atoms with Gasteiger partial charge in [-0.1, -0.05) is 19.9 Å². The summed E-state index contributed by atoms with van der Waals surface area (Å²) in [6, 6.07) is 14.8. The van der Waals surface area contributed by atoms with E-state index in [1.165, 1.54) is 24.5 Å². The van der Waals surface area contributed by atoms with Crippen molar-refractivity contribution < 1.29 is 27.6 Å². The number of furan rings is 1. The second-order valence-electron chi connectivity index (χ2n) is 7.99. The predicted octanol–water partition coefficient (Wildman–Crippen LogP) is 4.44. The summed E-state index contributed by atoms with van der Waals surface area (Å²) in [7, 11) is 0. The fraction of sp³-hybridized carbons (Fsp3) is 0.200. The van der Waals surface area contributed by atoms with Crippen LogP contribution in [0.4, 0.5) is 10.1 Å². The number of halogens is 1. The summed E-state index contributed by atoms with van der Waals surface area (Å²) in [5.41, 5.74) is 1.08. The molecule has 180 valence electrons. The number of benzene rings is 2. The Morgan fingerprint density at radius 1 is 1.06 bits per heavy atom. The third-order valence-electron chi connectivity index (χ3n) is 5.00. The summed E-state index contributed by atoms with van der Waals surface area (Å²) in [4.78, 5) is 25.2. The minimum Gasteiger partial charge on any atom is -0.484 e. The standard InChI is InChI=1S/C25H23FN4O5/c1-15(2)22(28-23(31)20-7-4-12-33-20)24(32)27-18-5-3-6-19(13-18)34-14-21-29-30-25(35-21)16-8-10-17(26)11-9-16/h3-13,15,22H,14H2,1-2H3,(H,27,32)(H,28,31)/t22-/m1/s1. The maximum absolute atomic E-state index is 13.1. The number of carbonyl (C=O) groups excluding carboxylic acids is 2. The molecule has 0 fully saturated rings. The number of carbonyl (C=O) groups is 2. The third kappa shape index (κ3) is 6.11. The Kier molecular flexibility index (Phi) is 7.20. The van der Waals surface area contributed by atoms with Crippen LogP contribution in [-0.2, 0) is 11.4 Å². The zero-order chi connectivity index (χ0) is 24.8. The normalized spacial score (nSPS) is 11.8. The molecule has 0 saturated heterocycles. The molecular weight excluding hydrogens is 455 g/mol. The van der Waals surface area contributed by atoms with Gasteiger partial charge in [0.1, 0.15) is 17.6 Å². The smallest absolute Gasteiger partial charge is 0.287 e. The van der Waals surface area contributed by atoms with Gasteiger partial charge in [-0.25, -0.2) is 4.39 Å². The minimum absolute atomic E-state index is 0.000577. The summed E-state index contributed by atoms with van der Waals surface area (Å²) in [5, 5.41) is 13.4. The van der Waals surface area contributed by atoms with E-state index >= 15 is 0 Å². The van der Waals surface area contributed by atoms with E-state index in [9.17, 15) is 14.0 Å². The lowest BCUT2D eigenvalue weighted by molar-refractivity contribution is -0.118. The first-order valence-electron chi connectivity index (χ1n) is 10.9. The Morgan fingerprint density at radius 2 is 1.86 bits per heavy atom. The largest absolute Gasteiger partial charge is 0.484 e. The number of aromatic nitrogens is 2. The van der Waals surface area contributed by atoms with Crippen molar-refractivity contribution in [3.8, 4) is 17.2 Å². The predicted molar refractivity (Wildman–Crippen MR) is 124 cm³/mol. The van der Waals surface area contributed by atoms with E-state index in [1.54, 1.807) is 42.5 Å². The second kappa shape index (κ2) is 10.6. The maximum atomic E-state index is 13.1. The highest BCUT2D eigenvalue weighted by atomic mass is 19.1. The SMILES string of the molecule is CC(C)[C@@H](NC(=O)c1ccco1)C(=O)Nc1cccc(OCc2nnc(-c3ccc(F)cc3)o2)c1. The average Bonchev–Trinajstić information content (AvgIpc) is 3.54. The van der Waals surface area contributed by atoms with Crippen molar-refractivity contribution in [2.45, 2.75) is 26.5 Å². The summed E-state index contributed by atoms with van der Waals surface area (Å²) >= 11 is 0. The van der Waals surface area contributed by atoms with Crippen LogP contribution in [0.3, 0.4) is 0 Å². The minimum atomic E-state index is -0.777. The van der Waals surface area contributed by atoms with Gasteiger partial charge < -0.3 is 24.2 Å². The second-order valence-corrected chi connectivity index (χ2v) is 7.99. The van der Waals surface area contributed by atoms with Crippen LogP contribution in [0.2, 0.25) is 0 Å². The van der Waals surface area contributed by atoms with Crippen molar-refractivity contribution >= 4 is 17.5 Å². The first-order valence-corrected chi connectivity index (χ1v) is 10.9. The molecule has 2 heterocycles. The fourth-order valence-electron chi connectivity index (χ4n) is 3.20. The Labute approximate surface area is 200 Å². The van der Waals surface area contributed by atoms with Crippen LogP contribution in [0.5, 0.6) is 5.75 Å². The highest BCUT2D eigenvalue weighted by molar-refractivity contribution is 6.00. The van der Waals surface area contributed by atoms with E-state index in [-0.39, 0.29) is 41.8 Å². The molecule has 4 aromatic rings.